The number of nitrogens with zero attached hydrogens (tertiary/aromatic N) is 2. The molecule has 0 radical (unpaired) electrons. The number of nitrogens with one attached hydrogen (secondary N) is 1. The third-order valence-corrected chi connectivity index (χ3v) is 3.43. The standard InChI is InChI=1S/C16H15N3O3/c1-22-13-4-2-3-11(9-13)10-19-8-7-12-5-6-14(16(20)18-21)17-15(12)19/h2-9,21H,10H2,1H3,(H,18,20). The Hall–Kier alpha value is -2.86. The lowest BCUT2D eigenvalue weighted by Crippen LogP contribution is -2.20. The van der Waals surface area contributed by atoms with Crippen LogP contribution in [0.4, 0.5) is 0 Å². The van der Waals surface area contributed by atoms with Gasteiger partial charge in [-0.15, -0.1) is 0 Å². The number of pyridine rings is 1. The molecule has 0 spiro atoms. The fourth-order valence-electron chi connectivity index (χ4n) is 2.34. The minimum absolute atomic E-state index is 0.167. The van der Waals surface area contributed by atoms with Gasteiger partial charge < -0.3 is 9.30 Å². The predicted octanol–water partition coefficient (Wildman–Crippen LogP) is 2.21. The van der Waals surface area contributed by atoms with Gasteiger partial charge in [0.25, 0.3) is 5.91 Å². The van der Waals surface area contributed by atoms with E-state index in [0.717, 1.165) is 16.7 Å². The number of fused-ring (bicyclic) bond motifs is 1. The van der Waals surface area contributed by atoms with Crippen LogP contribution >= 0.6 is 0 Å². The second kappa shape index (κ2) is 5.87. The number of carbonyl (C=O) groups is 1. The van der Waals surface area contributed by atoms with Crippen molar-refractivity contribution >= 4 is 16.9 Å². The summed E-state index contributed by atoms with van der Waals surface area (Å²) >= 11 is 0. The van der Waals surface area contributed by atoms with Gasteiger partial charge in [-0.05, 0) is 35.9 Å². The van der Waals surface area contributed by atoms with Crippen molar-refractivity contribution in [3.63, 3.8) is 0 Å². The molecule has 1 aromatic carbocycles. The van der Waals surface area contributed by atoms with Crippen LogP contribution in [0.3, 0.4) is 0 Å². The highest BCUT2D eigenvalue weighted by Crippen LogP contribution is 2.18. The molecule has 6 nitrogen and oxygen atoms in total. The Morgan fingerprint density at radius 1 is 1.32 bits per heavy atom. The van der Waals surface area contributed by atoms with Gasteiger partial charge in [-0.2, -0.15) is 0 Å². The maximum absolute atomic E-state index is 11.5. The zero-order valence-electron chi connectivity index (χ0n) is 12.0. The largest absolute Gasteiger partial charge is 0.497 e. The number of amides is 1. The van der Waals surface area contributed by atoms with Gasteiger partial charge >= 0.3 is 0 Å². The van der Waals surface area contributed by atoms with Crippen LogP contribution in [0.15, 0.2) is 48.7 Å². The second-order valence-electron chi connectivity index (χ2n) is 4.85. The minimum atomic E-state index is -0.629. The summed E-state index contributed by atoms with van der Waals surface area (Å²) in [6, 6.07) is 13.1. The van der Waals surface area contributed by atoms with E-state index < -0.39 is 5.91 Å². The van der Waals surface area contributed by atoms with Gasteiger partial charge in [0.2, 0.25) is 0 Å². The first-order chi connectivity index (χ1) is 10.7. The fraction of sp³-hybridized carbons (Fsp3) is 0.125. The van der Waals surface area contributed by atoms with E-state index in [4.69, 9.17) is 9.94 Å². The zero-order chi connectivity index (χ0) is 15.5. The molecule has 0 aliphatic carbocycles. The molecular weight excluding hydrogens is 282 g/mol. The summed E-state index contributed by atoms with van der Waals surface area (Å²) in [5, 5.41) is 9.64. The molecule has 0 bridgehead atoms. The third-order valence-electron chi connectivity index (χ3n) is 3.43. The monoisotopic (exact) mass is 297 g/mol. The number of ether oxygens (including phenoxy) is 1. The van der Waals surface area contributed by atoms with E-state index in [2.05, 4.69) is 4.98 Å². The van der Waals surface area contributed by atoms with E-state index in [0.29, 0.717) is 12.2 Å². The van der Waals surface area contributed by atoms with Crippen molar-refractivity contribution < 1.29 is 14.7 Å². The van der Waals surface area contributed by atoms with Crippen LogP contribution in [0, 0.1) is 0 Å². The molecule has 0 unspecified atom stereocenters. The number of methoxy groups -OCH3 is 1. The van der Waals surface area contributed by atoms with Gasteiger partial charge in [-0.1, -0.05) is 12.1 Å². The Labute approximate surface area is 126 Å². The average Bonchev–Trinajstić information content (AvgIpc) is 2.96. The highest BCUT2D eigenvalue weighted by Gasteiger charge is 2.10. The van der Waals surface area contributed by atoms with Crippen molar-refractivity contribution in [2.45, 2.75) is 6.54 Å². The Balaban J connectivity index is 1.97. The van der Waals surface area contributed by atoms with Crippen molar-refractivity contribution in [1.82, 2.24) is 15.0 Å². The van der Waals surface area contributed by atoms with Crippen LogP contribution in [0.25, 0.3) is 11.0 Å². The molecule has 6 heteroatoms. The summed E-state index contributed by atoms with van der Waals surface area (Å²) in [6.45, 7) is 0.609. The number of hydrogen-bond acceptors (Lipinski definition) is 4. The normalized spacial score (nSPS) is 10.6. The lowest BCUT2D eigenvalue weighted by molar-refractivity contribution is 0.0701. The van der Waals surface area contributed by atoms with Gasteiger partial charge in [0, 0.05) is 18.1 Å². The molecule has 22 heavy (non-hydrogen) atoms. The van der Waals surface area contributed by atoms with Crippen molar-refractivity contribution in [2.24, 2.45) is 0 Å². The summed E-state index contributed by atoms with van der Waals surface area (Å²) in [5.41, 5.74) is 3.51. The zero-order valence-corrected chi connectivity index (χ0v) is 12.0. The summed E-state index contributed by atoms with van der Waals surface area (Å²) in [4.78, 5) is 15.8. The lowest BCUT2D eigenvalue weighted by Gasteiger charge is -2.07. The second-order valence-corrected chi connectivity index (χ2v) is 4.85. The Morgan fingerprint density at radius 3 is 2.95 bits per heavy atom. The van der Waals surface area contributed by atoms with E-state index in [9.17, 15) is 4.79 Å². The maximum Gasteiger partial charge on any atom is 0.293 e. The van der Waals surface area contributed by atoms with Crippen molar-refractivity contribution in [3.8, 4) is 5.75 Å². The molecule has 2 aromatic heterocycles. The lowest BCUT2D eigenvalue weighted by atomic mass is 10.2. The molecule has 0 atom stereocenters. The molecule has 3 rings (SSSR count). The van der Waals surface area contributed by atoms with Crippen molar-refractivity contribution in [2.75, 3.05) is 7.11 Å². The number of aromatic nitrogens is 2. The Bertz CT molecular complexity index is 826. The molecule has 0 saturated heterocycles. The topological polar surface area (TPSA) is 76.4 Å². The summed E-state index contributed by atoms with van der Waals surface area (Å²) in [5.74, 6) is 0.165. The molecule has 112 valence electrons. The predicted molar refractivity (Wildman–Crippen MR) is 81.1 cm³/mol. The van der Waals surface area contributed by atoms with Crippen LogP contribution < -0.4 is 10.2 Å². The van der Waals surface area contributed by atoms with Crippen LogP contribution in [0.5, 0.6) is 5.75 Å². The van der Waals surface area contributed by atoms with Gasteiger partial charge in [0.15, 0.2) is 0 Å². The smallest absolute Gasteiger partial charge is 0.293 e. The first kappa shape index (κ1) is 14.1. The number of carbonyl (C=O) groups excluding carboxylic acids is 1. The van der Waals surface area contributed by atoms with Crippen LogP contribution in [-0.4, -0.2) is 27.8 Å². The third kappa shape index (κ3) is 2.64. The van der Waals surface area contributed by atoms with Crippen molar-refractivity contribution in [1.29, 1.82) is 0 Å². The fourth-order valence-corrected chi connectivity index (χ4v) is 2.34. The van der Waals surface area contributed by atoms with E-state index in [1.54, 1.807) is 24.7 Å². The van der Waals surface area contributed by atoms with E-state index in [1.165, 1.54) is 0 Å². The molecule has 2 N–H and O–H groups in total. The van der Waals surface area contributed by atoms with Crippen LogP contribution in [0.1, 0.15) is 16.1 Å². The van der Waals surface area contributed by atoms with E-state index >= 15 is 0 Å². The summed E-state index contributed by atoms with van der Waals surface area (Å²) in [6.07, 6.45) is 1.91. The van der Waals surface area contributed by atoms with Gasteiger partial charge in [0.1, 0.15) is 17.1 Å². The van der Waals surface area contributed by atoms with Gasteiger partial charge in [-0.3, -0.25) is 10.0 Å². The molecule has 3 aromatic rings. The first-order valence-electron chi connectivity index (χ1n) is 6.74. The van der Waals surface area contributed by atoms with Crippen LogP contribution in [-0.2, 0) is 6.54 Å². The number of rotatable bonds is 4. The highest BCUT2D eigenvalue weighted by molar-refractivity contribution is 5.93. The molecule has 0 aliphatic heterocycles. The van der Waals surface area contributed by atoms with E-state index in [1.807, 2.05) is 41.1 Å². The number of hydroxylamine groups is 1. The van der Waals surface area contributed by atoms with Crippen LogP contribution in [0.2, 0.25) is 0 Å². The Morgan fingerprint density at radius 2 is 2.18 bits per heavy atom. The van der Waals surface area contributed by atoms with Gasteiger partial charge in [0.05, 0.1) is 7.11 Å². The summed E-state index contributed by atoms with van der Waals surface area (Å²) < 4.78 is 7.16. The SMILES string of the molecule is COc1cccc(Cn2ccc3ccc(C(=O)NO)nc32)c1. The van der Waals surface area contributed by atoms with Crippen molar-refractivity contribution in [3.05, 3.63) is 59.9 Å². The van der Waals surface area contributed by atoms with Gasteiger partial charge in [-0.25, -0.2) is 10.5 Å². The molecule has 2 heterocycles. The molecule has 0 fully saturated rings. The molecule has 0 saturated carbocycles. The number of hydrogen-bond donors (Lipinski definition) is 2. The van der Waals surface area contributed by atoms with E-state index in [-0.39, 0.29) is 5.69 Å². The maximum atomic E-state index is 11.5. The Kier molecular flexibility index (Phi) is 3.76. The molecule has 0 aliphatic rings. The summed E-state index contributed by atoms with van der Waals surface area (Å²) in [7, 11) is 1.63. The minimum Gasteiger partial charge on any atom is -0.497 e. The first-order valence-corrected chi connectivity index (χ1v) is 6.74. The number of benzene rings is 1. The molecule has 1 amide bonds. The average molecular weight is 297 g/mol. The quantitative estimate of drug-likeness (QED) is 0.572. The molecular formula is C16H15N3O3. The highest BCUT2D eigenvalue weighted by atomic mass is 16.5.